The molecule has 7 heteroatoms. The summed E-state index contributed by atoms with van der Waals surface area (Å²) in [6, 6.07) is 14.0. The van der Waals surface area contributed by atoms with Gasteiger partial charge in [-0.2, -0.15) is 0 Å². The summed E-state index contributed by atoms with van der Waals surface area (Å²) in [5, 5.41) is 2.72. The number of hydrogen-bond acceptors (Lipinski definition) is 5. The highest BCUT2D eigenvalue weighted by Crippen LogP contribution is 2.53. The summed E-state index contributed by atoms with van der Waals surface area (Å²) in [7, 11) is 0. The second kappa shape index (κ2) is 9.46. The third-order valence-electron chi connectivity index (χ3n) is 6.73. The van der Waals surface area contributed by atoms with E-state index in [1.54, 1.807) is 6.07 Å². The normalized spacial score (nSPS) is 26.5. The number of fused-ring (bicyclic) bond motifs is 1. The Balaban J connectivity index is 1.14. The van der Waals surface area contributed by atoms with Crippen LogP contribution in [0.15, 0.2) is 48.5 Å². The predicted octanol–water partition coefficient (Wildman–Crippen LogP) is 4.80. The van der Waals surface area contributed by atoms with E-state index in [0.717, 1.165) is 50.4 Å². The van der Waals surface area contributed by atoms with Gasteiger partial charge in [0.05, 0.1) is 18.0 Å². The van der Waals surface area contributed by atoms with Gasteiger partial charge in [-0.05, 0) is 60.8 Å². The number of carbonyl (C=O) groups is 1. The van der Waals surface area contributed by atoms with Gasteiger partial charge >= 0.3 is 6.09 Å². The lowest BCUT2D eigenvalue weighted by molar-refractivity contribution is -0.165. The smallest absolute Gasteiger partial charge is 0.412 e. The van der Waals surface area contributed by atoms with Crippen LogP contribution in [-0.4, -0.2) is 38.7 Å². The van der Waals surface area contributed by atoms with Crippen molar-refractivity contribution < 1.29 is 23.4 Å². The van der Waals surface area contributed by atoms with E-state index in [1.165, 1.54) is 18.6 Å². The van der Waals surface area contributed by atoms with Gasteiger partial charge in [0.1, 0.15) is 12.4 Å². The van der Waals surface area contributed by atoms with Crippen LogP contribution in [0, 0.1) is 23.6 Å². The zero-order valence-electron chi connectivity index (χ0n) is 18.0. The molecule has 1 aliphatic carbocycles. The van der Waals surface area contributed by atoms with Gasteiger partial charge in [0.15, 0.2) is 6.29 Å². The summed E-state index contributed by atoms with van der Waals surface area (Å²) in [4.78, 5) is 14.5. The van der Waals surface area contributed by atoms with Crippen molar-refractivity contribution in [2.24, 2.45) is 17.8 Å². The molecule has 1 N–H and O–H groups in total. The van der Waals surface area contributed by atoms with Crippen molar-refractivity contribution >= 4 is 17.5 Å². The van der Waals surface area contributed by atoms with Gasteiger partial charge in [-0.15, -0.1) is 0 Å². The van der Waals surface area contributed by atoms with Crippen LogP contribution in [0.2, 0.25) is 0 Å². The molecule has 5 rings (SSSR count). The molecule has 2 aromatic rings. The lowest BCUT2D eigenvalue weighted by Crippen LogP contribution is -2.28. The first-order chi connectivity index (χ1) is 15.7. The summed E-state index contributed by atoms with van der Waals surface area (Å²) >= 11 is 0. The van der Waals surface area contributed by atoms with Crippen LogP contribution >= 0.6 is 0 Å². The number of halogens is 1. The van der Waals surface area contributed by atoms with Crippen LogP contribution in [0.25, 0.3) is 0 Å². The largest absolute Gasteiger partial charge is 0.444 e. The van der Waals surface area contributed by atoms with Crippen LogP contribution in [-0.2, 0) is 20.8 Å². The minimum atomic E-state index is -0.594. The average molecular weight is 441 g/mol. The summed E-state index contributed by atoms with van der Waals surface area (Å²) < 4.78 is 30.9. The number of anilines is 2. The standard InChI is InChI=1S/C25H29FN2O4/c26-18-9-10-23(22(12-18)27-25(29)32-15-17-6-2-1-3-7-17)28-13-19-20(14-28)21(19)16-31-24-8-4-5-11-30-24/h1-3,6-7,9-10,12,19-21,24H,4-5,8,11,13-16H2,(H,27,29)/t19-,20?,21?,24?/m0/s1. The maximum atomic E-state index is 13.9. The Labute approximate surface area is 187 Å². The Kier molecular flexibility index (Phi) is 6.28. The van der Waals surface area contributed by atoms with Gasteiger partial charge in [-0.25, -0.2) is 9.18 Å². The molecule has 0 spiro atoms. The molecule has 1 amide bonds. The highest BCUT2D eigenvalue weighted by molar-refractivity contribution is 5.89. The first kappa shape index (κ1) is 21.2. The van der Waals surface area contributed by atoms with E-state index in [2.05, 4.69) is 10.2 Å². The molecule has 3 unspecified atom stereocenters. The second-order valence-electron chi connectivity index (χ2n) is 8.87. The Bertz CT molecular complexity index is 923. The van der Waals surface area contributed by atoms with Crippen molar-refractivity contribution in [3.05, 3.63) is 59.9 Å². The summed E-state index contributed by atoms with van der Waals surface area (Å²) in [6.07, 6.45) is 2.64. The van der Waals surface area contributed by atoms with E-state index in [4.69, 9.17) is 14.2 Å². The van der Waals surface area contributed by atoms with Gasteiger partial charge in [-0.3, -0.25) is 5.32 Å². The van der Waals surface area contributed by atoms with Crippen molar-refractivity contribution in [3.8, 4) is 0 Å². The van der Waals surface area contributed by atoms with Crippen LogP contribution in [0.4, 0.5) is 20.6 Å². The fourth-order valence-corrected chi connectivity index (χ4v) is 4.91. The molecule has 2 heterocycles. The maximum Gasteiger partial charge on any atom is 0.412 e. The number of hydrogen-bond donors (Lipinski definition) is 1. The zero-order chi connectivity index (χ0) is 21.9. The van der Waals surface area contributed by atoms with Crippen LogP contribution in [0.5, 0.6) is 0 Å². The van der Waals surface area contributed by atoms with E-state index in [1.807, 2.05) is 30.3 Å². The SMILES string of the molecule is O=C(Nc1cc(F)ccc1N1CC2C(COC3CCCCO3)[C@H]2C1)OCc1ccccc1. The van der Waals surface area contributed by atoms with Gasteiger partial charge in [0.25, 0.3) is 0 Å². The fourth-order valence-electron chi connectivity index (χ4n) is 4.91. The van der Waals surface area contributed by atoms with E-state index >= 15 is 0 Å². The number of carbonyl (C=O) groups excluding carboxylic acids is 1. The monoisotopic (exact) mass is 440 g/mol. The highest BCUT2D eigenvalue weighted by Gasteiger charge is 2.56. The van der Waals surface area contributed by atoms with Crippen molar-refractivity contribution in [2.75, 3.05) is 36.5 Å². The Morgan fingerprint density at radius 1 is 1.12 bits per heavy atom. The van der Waals surface area contributed by atoms with Crippen LogP contribution in [0.1, 0.15) is 24.8 Å². The number of piperidine rings is 1. The molecule has 0 radical (unpaired) electrons. The second-order valence-corrected chi connectivity index (χ2v) is 8.87. The Morgan fingerprint density at radius 2 is 1.94 bits per heavy atom. The number of benzene rings is 2. The minimum absolute atomic E-state index is 0.0454. The predicted molar refractivity (Wildman–Crippen MR) is 119 cm³/mol. The van der Waals surface area contributed by atoms with E-state index in [0.29, 0.717) is 23.4 Å². The fraction of sp³-hybridized carbons (Fsp3) is 0.480. The first-order valence-electron chi connectivity index (χ1n) is 11.4. The van der Waals surface area contributed by atoms with Crippen molar-refractivity contribution in [1.29, 1.82) is 0 Å². The molecule has 1 saturated carbocycles. The topological polar surface area (TPSA) is 60.0 Å². The van der Waals surface area contributed by atoms with Gasteiger partial charge < -0.3 is 19.1 Å². The quantitative estimate of drug-likeness (QED) is 0.670. The molecular weight excluding hydrogens is 411 g/mol. The van der Waals surface area contributed by atoms with Crippen LogP contribution in [0.3, 0.4) is 0 Å². The van der Waals surface area contributed by atoms with E-state index in [9.17, 15) is 9.18 Å². The number of amides is 1. The molecule has 0 aromatic heterocycles. The molecule has 170 valence electrons. The molecule has 2 aliphatic heterocycles. The molecule has 4 atom stereocenters. The van der Waals surface area contributed by atoms with Gasteiger partial charge in [0, 0.05) is 19.7 Å². The van der Waals surface area contributed by atoms with E-state index < -0.39 is 11.9 Å². The van der Waals surface area contributed by atoms with Crippen molar-refractivity contribution in [3.63, 3.8) is 0 Å². The molecular formula is C25H29FN2O4. The number of nitrogens with one attached hydrogen (secondary N) is 1. The first-order valence-corrected chi connectivity index (χ1v) is 11.4. The summed E-state index contributed by atoms with van der Waals surface area (Å²) in [5.41, 5.74) is 2.16. The number of rotatable bonds is 7. The Morgan fingerprint density at radius 3 is 2.69 bits per heavy atom. The molecule has 3 fully saturated rings. The molecule has 32 heavy (non-hydrogen) atoms. The lowest BCUT2D eigenvalue weighted by Gasteiger charge is -2.26. The number of nitrogens with zero attached hydrogens (tertiary/aromatic N) is 1. The minimum Gasteiger partial charge on any atom is -0.444 e. The lowest BCUT2D eigenvalue weighted by atomic mass is 10.2. The Hall–Kier alpha value is -2.64. The van der Waals surface area contributed by atoms with Gasteiger partial charge in [-0.1, -0.05) is 30.3 Å². The molecule has 0 bridgehead atoms. The summed E-state index contributed by atoms with van der Waals surface area (Å²) in [5.74, 6) is 1.31. The van der Waals surface area contributed by atoms with Crippen molar-refractivity contribution in [2.45, 2.75) is 32.2 Å². The number of ether oxygens (including phenoxy) is 3. The van der Waals surface area contributed by atoms with E-state index in [-0.39, 0.29) is 12.9 Å². The molecule has 3 aliphatic rings. The molecule has 6 nitrogen and oxygen atoms in total. The van der Waals surface area contributed by atoms with Gasteiger partial charge in [0.2, 0.25) is 0 Å². The molecule has 2 saturated heterocycles. The average Bonchev–Trinajstić information content (AvgIpc) is 3.26. The summed E-state index contributed by atoms with van der Waals surface area (Å²) in [6.45, 7) is 3.46. The van der Waals surface area contributed by atoms with Crippen LogP contribution < -0.4 is 10.2 Å². The highest BCUT2D eigenvalue weighted by atomic mass is 19.1. The zero-order valence-corrected chi connectivity index (χ0v) is 18.0. The maximum absolute atomic E-state index is 13.9. The molecule has 2 aromatic carbocycles. The third kappa shape index (κ3) is 4.89. The van der Waals surface area contributed by atoms with Crippen molar-refractivity contribution in [1.82, 2.24) is 0 Å². The third-order valence-corrected chi connectivity index (χ3v) is 6.73.